The van der Waals surface area contributed by atoms with Crippen LogP contribution >= 0.6 is 0 Å². The monoisotopic (exact) mass is 394 g/mol. The van der Waals surface area contributed by atoms with E-state index < -0.39 is 23.7 Å². The van der Waals surface area contributed by atoms with E-state index in [4.69, 9.17) is 4.52 Å². The fourth-order valence-corrected chi connectivity index (χ4v) is 4.53. The molecule has 148 valence electrons. The number of ketones is 1. The third kappa shape index (κ3) is 2.41. The smallest absolute Gasteiger partial charge is 0.210 e. The third-order valence-electron chi connectivity index (χ3n) is 6.04. The summed E-state index contributed by atoms with van der Waals surface area (Å²) >= 11 is 0. The van der Waals surface area contributed by atoms with Gasteiger partial charge in [0.1, 0.15) is 11.9 Å². The van der Waals surface area contributed by atoms with Crippen LogP contribution in [0.4, 0.5) is 5.82 Å². The van der Waals surface area contributed by atoms with Crippen LogP contribution in [0.15, 0.2) is 23.1 Å². The molecule has 0 spiro atoms. The van der Waals surface area contributed by atoms with Crippen molar-refractivity contribution in [3.63, 3.8) is 0 Å². The van der Waals surface area contributed by atoms with Gasteiger partial charge in [0.05, 0.1) is 30.1 Å². The van der Waals surface area contributed by atoms with Crippen molar-refractivity contribution >= 4 is 22.8 Å². The van der Waals surface area contributed by atoms with Crippen molar-refractivity contribution in [2.24, 2.45) is 11.3 Å². The number of Topliss-reactive ketones (excluding diaryl/α,β-unsaturated/α-hetero) is 1. The van der Waals surface area contributed by atoms with Gasteiger partial charge in [-0.2, -0.15) is 0 Å². The molecule has 29 heavy (non-hydrogen) atoms. The average molecular weight is 394 g/mol. The molecule has 2 fully saturated rings. The molecule has 3 aromatic heterocycles. The van der Waals surface area contributed by atoms with E-state index in [1.807, 2.05) is 0 Å². The summed E-state index contributed by atoms with van der Waals surface area (Å²) in [5.41, 5.74) is 0.100. The van der Waals surface area contributed by atoms with Gasteiger partial charge in [-0.1, -0.05) is 5.16 Å². The first-order valence-electron chi connectivity index (χ1n) is 9.19. The first-order chi connectivity index (χ1) is 14.0. The maximum atomic E-state index is 12.1. The summed E-state index contributed by atoms with van der Waals surface area (Å²) < 4.78 is 6.68. The number of hydrogen-bond donors (Lipinski definition) is 3. The Kier molecular flexibility index (Phi) is 3.74. The molecule has 0 radical (unpaired) electrons. The molecule has 2 saturated carbocycles. The Morgan fingerprint density at radius 2 is 2.21 bits per heavy atom. The summed E-state index contributed by atoms with van der Waals surface area (Å²) in [6.07, 6.45) is 1.39. The number of aliphatic hydroxyl groups is 2. The highest BCUT2D eigenvalue weighted by molar-refractivity contribution is 5.88. The van der Waals surface area contributed by atoms with E-state index in [-0.39, 0.29) is 17.5 Å². The van der Waals surface area contributed by atoms with E-state index in [9.17, 15) is 15.0 Å². The molecule has 2 aliphatic carbocycles. The van der Waals surface area contributed by atoms with E-state index in [0.29, 0.717) is 29.2 Å². The van der Waals surface area contributed by atoms with Crippen molar-refractivity contribution < 1.29 is 19.5 Å². The van der Waals surface area contributed by atoms with Crippen LogP contribution in [0, 0.1) is 23.2 Å². The maximum absolute atomic E-state index is 12.1. The number of anilines is 1. The summed E-state index contributed by atoms with van der Waals surface area (Å²) in [5.74, 6) is 6.46. The molecule has 3 N–H and O–H groups in total. The van der Waals surface area contributed by atoms with Gasteiger partial charge < -0.3 is 24.6 Å². The Morgan fingerprint density at radius 1 is 1.38 bits per heavy atom. The fourth-order valence-electron chi connectivity index (χ4n) is 4.53. The second kappa shape index (κ2) is 6.10. The van der Waals surface area contributed by atoms with Gasteiger partial charge in [0.25, 0.3) is 0 Å². The SMILES string of the molecule is CNc1nc(C#Cc2ccno2)nc2c1ncn2[C@@H]1C2C[C@@]2(C(C)=O)C(O)[C@H]1O. The van der Waals surface area contributed by atoms with Crippen molar-refractivity contribution in [1.29, 1.82) is 0 Å². The van der Waals surface area contributed by atoms with E-state index in [1.165, 1.54) is 13.1 Å². The normalized spacial score (nSPS) is 29.9. The summed E-state index contributed by atoms with van der Waals surface area (Å²) in [4.78, 5) is 25.4. The van der Waals surface area contributed by atoms with Crippen molar-refractivity contribution in [3.05, 3.63) is 30.2 Å². The molecular formula is C19H18N6O4. The topological polar surface area (TPSA) is 139 Å². The van der Waals surface area contributed by atoms with Gasteiger partial charge in [0, 0.05) is 13.1 Å². The molecule has 2 aliphatic rings. The zero-order valence-electron chi connectivity index (χ0n) is 15.7. The molecule has 0 bridgehead atoms. The predicted molar refractivity (Wildman–Crippen MR) is 99.6 cm³/mol. The van der Waals surface area contributed by atoms with E-state index in [1.54, 1.807) is 24.0 Å². The number of aromatic nitrogens is 5. The molecule has 0 aromatic carbocycles. The van der Waals surface area contributed by atoms with Gasteiger partial charge >= 0.3 is 0 Å². The largest absolute Gasteiger partial charge is 0.389 e. The zero-order valence-corrected chi connectivity index (χ0v) is 15.7. The zero-order chi connectivity index (χ0) is 20.3. The van der Waals surface area contributed by atoms with Gasteiger partial charge in [0.15, 0.2) is 17.0 Å². The first-order valence-corrected chi connectivity index (χ1v) is 9.19. The van der Waals surface area contributed by atoms with E-state index in [2.05, 4.69) is 37.3 Å². The second-order valence-electron chi connectivity index (χ2n) is 7.43. The Morgan fingerprint density at radius 3 is 2.86 bits per heavy atom. The highest BCUT2D eigenvalue weighted by atomic mass is 16.5. The number of hydrogen-bond acceptors (Lipinski definition) is 9. The Balaban J connectivity index is 1.61. The minimum atomic E-state index is -1.11. The Labute approximate surface area is 165 Å². The standard InChI is InChI=1S/C19H18N6O4/c1-9(26)19-7-11(19)14(15(27)16(19)28)25-8-21-13-17(20-2)23-12(24-18(13)25)4-3-10-5-6-22-29-10/h5-6,8,11,14-16,27-28H,7H2,1-2H3,(H,20,23,24)/t11?,14-,15+,16?,19+/m1/s1. The summed E-state index contributed by atoms with van der Waals surface area (Å²) in [5, 5.41) is 27.8. The van der Waals surface area contributed by atoms with E-state index in [0.717, 1.165) is 0 Å². The highest BCUT2D eigenvalue weighted by Crippen LogP contribution is 2.68. The van der Waals surface area contributed by atoms with Crippen LogP contribution in [0.2, 0.25) is 0 Å². The number of carbonyl (C=O) groups excluding carboxylic acids is 1. The molecule has 10 nitrogen and oxygen atoms in total. The predicted octanol–water partition coefficient (Wildman–Crippen LogP) is 0.128. The van der Waals surface area contributed by atoms with Crippen molar-refractivity contribution in [2.45, 2.75) is 31.6 Å². The first kappa shape index (κ1) is 17.8. The molecule has 2 unspecified atom stereocenters. The number of fused-ring (bicyclic) bond motifs is 2. The molecule has 0 saturated heterocycles. The molecule has 5 atom stereocenters. The van der Waals surface area contributed by atoms with Crippen molar-refractivity contribution in [1.82, 2.24) is 24.7 Å². The third-order valence-corrected chi connectivity index (χ3v) is 6.04. The van der Waals surface area contributed by atoms with Crippen LogP contribution in [-0.4, -0.2) is 59.9 Å². The molecule has 5 rings (SSSR count). The lowest BCUT2D eigenvalue weighted by molar-refractivity contribution is -0.128. The van der Waals surface area contributed by atoms with Crippen LogP contribution in [-0.2, 0) is 4.79 Å². The van der Waals surface area contributed by atoms with Gasteiger partial charge in [-0.05, 0) is 31.1 Å². The number of carbonyl (C=O) groups is 1. The number of nitrogens with one attached hydrogen (secondary N) is 1. The minimum absolute atomic E-state index is 0.106. The number of imidazole rings is 1. The summed E-state index contributed by atoms with van der Waals surface area (Å²) in [6, 6.07) is 1.12. The van der Waals surface area contributed by atoms with Gasteiger partial charge in [-0.25, -0.2) is 15.0 Å². The van der Waals surface area contributed by atoms with Crippen LogP contribution in [0.1, 0.15) is 31.0 Å². The lowest BCUT2D eigenvalue weighted by atomic mass is 9.95. The van der Waals surface area contributed by atoms with E-state index >= 15 is 0 Å². The number of rotatable bonds is 3. The quantitative estimate of drug-likeness (QED) is 0.529. The molecule has 3 aromatic rings. The van der Waals surface area contributed by atoms with Crippen molar-refractivity contribution in [2.75, 3.05) is 12.4 Å². The van der Waals surface area contributed by atoms with Gasteiger partial charge in [-0.15, -0.1) is 0 Å². The molecular weight excluding hydrogens is 376 g/mol. The Hall–Kier alpha value is -3.29. The lowest BCUT2D eigenvalue weighted by Gasteiger charge is -2.23. The van der Waals surface area contributed by atoms with Crippen molar-refractivity contribution in [3.8, 4) is 11.8 Å². The van der Waals surface area contributed by atoms with Crippen LogP contribution in [0.25, 0.3) is 11.2 Å². The van der Waals surface area contributed by atoms with Crippen LogP contribution < -0.4 is 5.32 Å². The molecule has 0 aliphatic heterocycles. The lowest BCUT2D eigenvalue weighted by Crippen LogP contribution is -2.36. The summed E-state index contributed by atoms with van der Waals surface area (Å²) in [7, 11) is 1.71. The minimum Gasteiger partial charge on any atom is -0.389 e. The summed E-state index contributed by atoms with van der Waals surface area (Å²) in [6.45, 7) is 1.46. The average Bonchev–Trinajstić information content (AvgIpc) is 3.00. The van der Waals surface area contributed by atoms with Gasteiger partial charge in [0.2, 0.25) is 11.6 Å². The maximum Gasteiger partial charge on any atom is 0.210 e. The highest BCUT2D eigenvalue weighted by Gasteiger charge is 2.74. The van der Waals surface area contributed by atoms with Crippen LogP contribution in [0.3, 0.4) is 0 Å². The Bertz CT molecular complexity index is 1180. The van der Waals surface area contributed by atoms with Crippen LogP contribution in [0.5, 0.6) is 0 Å². The second-order valence-corrected chi connectivity index (χ2v) is 7.43. The molecule has 0 amide bonds. The molecule has 3 heterocycles. The fraction of sp³-hybridized carbons (Fsp3) is 0.421. The number of aliphatic hydroxyl groups excluding tert-OH is 2. The van der Waals surface area contributed by atoms with Gasteiger partial charge in [-0.3, -0.25) is 4.79 Å². The number of nitrogens with zero attached hydrogens (tertiary/aromatic N) is 5. The molecule has 10 heteroatoms.